The van der Waals surface area contributed by atoms with Crippen LogP contribution in [0.15, 0.2) is 42.5 Å². The largest absolute Gasteiger partial charge is 0.366 e. The van der Waals surface area contributed by atoms with E-state index in [2.05, 4.69) is 0 Å². The monoisotopic (exact) mass is 416 g/mol. The molecule has 0 saturated heterocycles. The van der Waals surface area contributed by atoms with Crippen molar-refractivity contribution in [3.63, 3.8) is 0 Å². The van der Waals surface area contributed by atoms with Crippen molar-refractivity contribution in [3.8, 4) is 0 Å². The number of nitrogens with two attached hydrogens (primary N) is 1. The number of aryl methyl sites for hydroxylation is 1. The fraction of sp³-hybridized carbons (Fsp3) is 0.250. The van der Waals surface area contributed by atoms with Crippen molar-refractivity contribution in [1.82, 2.24) is 0 Å². The molecule has 3 rings (SSSR count). The molecule has 0 saturated carbocycles. The lowest BCUT2D eigenvalue weighted by atomic mass is 9.99. The highest BCUT2D eigenvalue weighted by molar-refractivity contribution is 7.85. The minimum absolute atomic E-state index is 0.00321. The fourth-order valence-corrected chi connectivity index (χ4v) is 3.77. The number of carbonyl (C=O) groups excluding carboxylic acids is 3. The van der Waals surface area contributed by atoms with Crippen molar-refractivity contribution in [2.75, 3.05) is 10.7 Å². The van der Waals surface area contributed by atoms with Crippen LogP contribution in [0.3, 0.4) is 0 Å². The zero-order valence-electron chi connectivity index (χ0n) is 15.5. The topological polar surface area (TPSA) is 135 Å². The summed E-state index contributed by atoms with van der Waals surface area (Å²) in [6.07, 6.45) is -0.108. The molecule has 1 aliphatic rings. The maximum atomic E-state index is 12.6. The second kappa shape index (κ2) is 8.14. The van der Waals surface area contributed by atoms with E-state index in [1.54, 1.807) is 29.2 Å². The van der Waals surface area contributed by atoms with E-state index in [1.807, 2.05) is 12.1 Å². The Labute approximate surface area is 168 Å². The average molecular weight is 416 g/mol. The normalized spacial score (nSPS) is 13.4. The molecule has 2 aromatic rings. The van der Waals surface area contributed by atoms with E-state index in [4.69, 9.17) is 10.3 Å². The first-order valence-corrected chi connectivity index (χ1v) is 10.6. The number of benzene rings is 2. The van der Waals surface area contributed by atoms with Crippen LogP contribution in [-0.4, -0.2) is 36.3 Å². The third-order valence-electron chi connectivity index (χ3n) is 4.80. The van der Waals surface area contributed by atoms with Gasteiger partial charge in [0, 0.05) is 29.7 Å². The molecule has 29 heavy (non-hydrogen) atoms. The molecule has 0 aromatic heterocycles. The molecule has 0 unspecified atom stereocenters. The molecule has 9 heteroatoms. The van der Waals surface area contributed by atoms with Gasteiger partial charge >= 0.3 is 0 Å². The van der Waals surface area contributed by atoms with E-state index in [9.17, 15) is 22.8 Å². The molecule has 0 aliphatic carbocycles. The van der Waals surface area contributed by atoms with Crippen LogP contribution in [0.1, 0.15) is 44.7 Å². The van der Waals surface area contributed by atoms with Crippen LogP contribution in [0, 0.1) is 0 Å². The zero-order chi connectivity index (χ0) is 21.2. The Kier molecular flexibility index (Phi) is 5.81. The quantitative estimate of drug-likeness (QED) is 0.629. The van der Waals surface area contributed by atoms with Gasteiger partial charge in [0.2, 0.25) is 5.91 Å². The lowest BCUT2D eigenvalue weighted by Gasteiger charge is -2.18. The van der Waals surface area contributed by atoms with Crippen molar-refractivity contribution >= 4 is 33.4 Å². The van der Waals surface area contributed by atoms with Crippen LogP contribution in [0.25, 0.3) is 0 Å². The third-order valence-corrected chi connectivity index (χ3v) is 5.52. The first-order valence-electron chi connectivity index (χ1n) is 8.95. The van der Waals surface area contributed by atoms with Crippen molar-refractivity contribution < 1.29 is 27.4 Å². The summed E-state index contributed by atoms with van der Waals surface area (Å²) in [6, 6.07) is 12.1. The maximum Gasteiger partial charge on any atom is 0.265 e. The van der Waals surface area contributed by atoms with E-state index in [1.165, 1.54) is 6.07 Å². The summed E-state index contributed by atoms with van der Waals surface area (Å²) in [5, 5.41) is 0. The summed E-state index contributed by atoms with van der Waals surface area (Å²) in [5.74, 6) is -1.83. The molecule has 8 nitrogen and oxygen atoms in total. The number of fused-ring (bicyclic) bond motifs is 1. The first-order chi connectivity index (χ1) is 13.7. The summed E-state index contributed by atoms with van der Waals surface area (Å²) in [4.78, 5) is 37.9. The first kappa shape index (κ1) is 20.7. The predicted molar refractivity (Wildman–Crippen MR) is 106 cm³/mol. The van der Waals surface area contributed by atoms with E-state index >= 15 is 0 Å². The van der Waals surface area contributed by atoms with Gasteiger partial charge in [-0.1, -0.05) is 24.3 Å². The standard InChI is InChI=1S/C20H20N2O6S/c21-19(24)18-11-15(22-12-14-3-1-2-4-17(14)20(22)25)7-5-13(18)6-8-16(23)9-10-29(26,27)28/h1-5,7,11H,6,8-10,12H2,(H2,21,24)(H,26,27,28). The molecule has 2 amide bonds. The molecule has 0 radical (unpaired) electrons. The highest BCUT2D eigenvalue weighted by Crippen LogP contribution is 2.29. The van der Waals surface area contributed by atoms with E-state index in [-0.39, 0.29) is 36.5 Å². The van der Waals surface area contributed by atoms with Crippen molar-refractivity contribution in [3.05, 3.63) is 64.7 Å². The Morgan fingerprint density at radius 2 is 1.83 bits per heavy atom. The summed E-state index contributed by atoms with van der Waals surface area (Å²) in [5.41, 5.74) is 8.26. The van der Waals surface area contributed by atoms with Gasteiger partial charge in [-0.3, -0.25) is 18.9 Å². The molecule has 152 valence electrons. The van der Waals surface area contributed by atoms with Crippen LogP contribution >= 0.6 is 0 Å². The SMILES string of the molecule is NC(=O)c1cc(N2Cc3ccccc3C2=O)ccc1CCC(=O)CCS(=O)(=O)O. The van der Waals surface area contributed by atoms with Crippen molar-refractivity contribution in [2.24, 2.45) is 5.73 Å². The van der Waals surface area contributed by atoms with Crippen molar-refractivity contribution in [2.45, 2.75) is 25.8 Å². The smallest absolute Gasteiger partial charge is 0.265 e. The number of hydrogen-bond donors (Lipinski definition) is 2. The van der Waals surface area contributed by atoms with E-state index in [0.29, 0.717) is 23.4 Å². The summed E-state index contributed by atoms with van der Waals surface area (Å²) >= 11 is 0. The van der Waals surface area contributed by atoms with Crippen LogP contribution < -0.4 is 10.6 Å². The summed E-state index contributed by atoms with van der Waals surface area (Å²) in [7, 11) is -4.20. The number of primary amides is 1. The van der Waals surface area contributed by atoms with Gasteiger partial charge in [0.05, 0.1) is 12.3 Å². The number of Topliss-reactive ketones (excluding diaryl/α,β-unsaturated/α-hetero) is 1. The molecule has 0 atom stereocenters. The Balaban J connectivity index is 1.76. The molecule has 0 fully saturated rings. The summed E-state index contributed by atoms with van der Waals surface area (Å²) in [6.45, 7) is 0.390. The highest BCUT2D eigenvalue weighted by Gasteiger charge is 2.28. The van der Waals surface area contributed by atoms with Crippen molar-refractivity contribution in [1.29, 1.82) is 0 Å². The van der Waals surface area contributed by atoms with Gasteiger partial charge in [-0.25, -0.2) is 0 Å². The van der Waals surface area contributed by atoms with Gasteiger partial charge in [-0.2, -0.15) is 8.42 Å². The van der Waals surface area contributed by atoms with Crippen LogP contribution in [0.5, 0.6) is 0 Å². The number of ketones is 1. The Morgan fingerprint density at radius 1 is 1.10 bits per heavy atom. The minimum Gasteiger partial charge on any atom is -0.366 e. The van der Waals surface area contributed by atoms with Gasteiger partial charge in [0.25, 0.3) is 16.0 Å². The van der Waals surface area contributed by atoms with E-state index < -0.39 is 21.8 Å². The second-order valence-corrected chi connectivity index (χ2v) is 8.40. The lowest BCUT2D eigenvalue weighted by molar-refractivity contribution is -0.118. The molecule has 1 aliphatic heterocycles. The number of nitrogens with zero attached hydrogens (tertiary/aromatic N) is 1. The van der Waals surface area contributed by atoms with Gasteiger partial charge in [0.1, 0.15) is 5.78 Å². The van der Waals surface area contributed by atoms with Gasteiger partial charge in [-0.15, -0.1) is 0 Å². The Morgan fingerprint density at radius 3 is 2.48 bits per heavy atom. The van der Waals surface area contributed by atoms with Gasteiger partial charge in [0.15, 0.2) is 0 Å². The Hall–Kier alpha value is -3.04. The van der Waals surface area contributed by atoms with Crippen LogP contribution in [0.2, 0.25) is 0 Å². The molecule has 0 spiro atoms. The third kappa shape index (κ3) is 4.87. The number of rotatable bonds is 8. The molecule has 3 N–H and O–H groups in total. The second-order valence-electron chi connectivity index (χ2n) is 6.83. The molecular weight excluding hydrogens is 396 g/mol. The molecule has 2 aromatic carbocycles. The number of amides is 2. The fourth-order valence-electron chi connectivity index (χ4n) is 3.28. The van der Waals surface area contributed by atoms with Gasteiger partial charge in [-0.05, 0) is 35.7 Å². The molecule has 1 heterocycles. The highest BCUT2D eigenvalue weighted by atomic mass is 32.2. The lowest BCUT2D eigenvalue weighted by Crippen LogP contribution is -2.24. The molecular formula is C20H20N2O6S. The van der Waals surface area contributed by atoms with Crippen LogP contribution in [0.4, 0.5) is 5.69 Å². The van der Waals surface area contributed by atoms with E-state index in [0.717, 1.165) is 5.56 Å². The minimum atomic E-state index is -4.20. The Bertz CT molecular complexity index is 1090. The number of carbonyl (C=O) groups is 3. The zero-order valence-corrected chi connectivity index (χ0v) is 16.3. The number of anilines is 1. The maximum absolute atomic E-state index is 12.6. The average Bonchev–Trinajstić information content (AvgIpc) is 3.01. The molecule has 0 bridgehead atoms. The van der Waals surface area contributed by atoms with Gasteiger partial charge < -0.3 is 10.6 Å². The summed E-state index contributed by atoms with van der Waals surface area (Å²) < 4.78 is 30.2. The predicted octanol–water partition coefficient (Wildman–Crippen LogP) is 1.73. The number of hydrogen-bond acceptors (Lipinski definition) is 5. The van der Waals surface area contributed by atoms with Crippen LogP contribution in [-0.2, 0) is 27.9 Å².